The minimum atomic E-state index is -0.897. The van der Waals surface area contributed by atoms with E-state index < -0.39 is 23.1 Å². The van der Waals surface area contributed by atoms with Crippen LogP contribution in [0, 0.1) is 31.6 Å². The van der Waals surface area contributed by atoms with Gasteiger partial charge >= 0.3 is 11.9 Å². The predicted molar refractivity (Wildman–Crippen MR) is 175 cm³/mol. The number of ether oxygens (including phenoxy) is 3. The van der Waals surface area contributed by atoms with Crippen molar-refractivity contribution in [3.05, 3.63) is 70.8 Å². The number of hydrogen-bond acceptors (Lipinski definition) is 7. The predicted octanol–water partition coefficient (Wildman–Crippen LogP) is 5.04. The Hall–Kier alpha value is -4.09. The molecule has 2 aliphatic carbocycles. The Labute approximate surface area is 272 Å². The fraction of sp³-hybridized carbons (Fsp3) is 0.500. The van der Waals surface area contributed by atoms with Gasteiger partial charge in [-0.15, -0.1) is 6.58 Å². The summed E-state index contributed by atoms with van der Waals surface area (Å²) in [6.45, 7) is 17.0. The van der Waals surface area contributed by atoms with Crippen molar-refractivity contribution in [1.29, 1.82) is 0 Å². The number of carbonyl (C=O) groups excluding carboxylic acids is 3. The minimum absolute atomic E-state index is 0.105. The van der Waals surface area contributed by atoms with Crippen LogP contribution in [0.5, 0.6) is 11.5 Å². The van der Waals surface area contributed by atoms with Gasteiger partial charge in [-0.1, -0.05) is 38.0 Å². The quantitative estimate of drug-likeness (QED) is 0.185. The van der Waals surface area contributed by atoms with Crippen LogP contribution in [0.2, 0.25) is 0 Å². The van der Waals surface area contributed by atoms with Gasteiger partial charge in [0.1, 0.15) is 11.7 Å². The molecule has 1 saturated heterocycles. The Morgan fingerprint density at radius 3 is 2.59 bits per heavy atom. The molecule has 2 heterocycles. The van der Waals surface area contributed by atoms with E-state index in [1.54, 1.807) is 6.07 Å². The topological polar surface area (TPSA) is 85.4 Å². The summed E-state index contributed by atoms with van der Waals surface area (Å²) in [6, 6.07) is 9.33. The molecule has 5 atom stereocenters. The molecule has 4 aliphatic rings. The zero-order chi connectivity index (χ0) is 33.0. The van der Waals surface area contributed by atoms with E-state index >= 15 is 0 Å². The number of rotatable bonds is 7. The molecule has 0 aromatic heterocycles. The molecule has 1 amide bonds. The Balaban J connectivity index is 1.50. The number of hydrogen-bond donors (Lipinski definition) is 0. The average molecular weight is 625 g/mol. The number of esters is 2. The summed E-state index contributed by atoms with van der Waals surface area (Å²) in [4.78, 5) is 43.6. The van der Waals surface area contributed by atoms with Gasteiger partial charge in [-0.05, 0) is 80.3 Å². The zero-order valence-electron chi connectivity index (χ0n) is 27.8. The number of nitrogens with zero attached hydrogens (tertiary/aromatic N) is 2. The van der Waals surface area contributed by atoms with Gasteiger partial charge in [-0.2, -0.15) is 0 Å². The van der Waals surface area contributed by atoms with E-state index in [-0.39, 0.29) is 29.9 Å². The summed E-state index contributed by atoms with van der Waals surface area (Å²) < 4.78 is 19.2. The van der Waals surface area contributed by atoms with Crippen LogP contribution in [0.4, 0.5) is 0 Å². The highest BCUT2D eigenvalue weighted by molar-refractivity contribution is 5.94. The third kappa shape index (κ3) is 5.00. The van der Waals surface area contributed by atoms with Gasteiger partial charge in [-0.3, -0.25) is 19.3 Å². The highest BCUT2D eigenvalue weighted by Gasteiger charge is 2.75. The van der Waals surface area contributed by atoms with Gasteiger partial charge in [0.15, 0.2) is 11.5 Å². The fourth-order valence-corrected chi connectivity index (χ4v) is 8.75. The normalized spacial score (nSPS) is 27.1. The summed E-state index contributed by atoms with van der Waals surface area (Å²) in [5, 5.41) is 0. The van der Waals surface area contributed by atoms with Crippen molar-refractivity contribution < 1.29 is 28.6 Å². The summed E-state index contributed by atoms with van der Waals surface area (Å²) in [6.07, 6.45) is 3.78. The van der Waals surface area contributed by atoms with Crippen LogP contribution in [0.25, 0.3) is 0 Å². The maximum Gasteiger partial charge on any atom is 0.308 e. The molecule has 0 radical (unpaired) electrons. The summed E-state index contributed by atoms with van der Waals surface area (Å²) in [5.74, 6) is 6.07. The highest BCUT2D eigenvalue weighted by Crippen LogP contribution is 2.67. The van der Waals surface area contributed by atoms with Crippen molar-refractivity contribution in [2.24, 2.45) is 5.92 Å². The molecule has 2 bridgehead atoms. The lowest BCUT2D eigenvalue weighted by molar-refractivity contribution is -0.223. The van der Waals surface area contributed by atoms with Crippen LogP contribution in [-0.4, -0.2) is 71.1 Å². The van der Waals surface area contributed by atoms with Gasteiger partial charge in [0.2, 0.25) is 0 Å². The molecule has 6 rings (SSSR count). The second-order valence-electron chi connectivity index (χ2n) is 13.8. The number of carbonyl (C=O) groups is 3. The molecular weight excluding hydrogens is 580 g/mol. The average Bonchev–Trinajstić information content (AvgIpc) is 3.34. The number of likely N-dealkylation sites (tertiary alicyclic amines) is 1. The van der Waals surface area contributed by atoms with Crippen molar-refractivity contribution in [1.82, 2.24) is 9.80 Å². The summed E-state index contributed by atoms with van der Waals surface area (Å²) in [5.41, 5.74) is 3.49. The minimum Gasteiger partial charge on any atom is -0.483 e. The molecule has 0 N–H and O–H groups in total. The molecule has 1 spiro atoms. The maximum atomic E-state index is 14.1. The van der Waals surface area contributed by atoms with E-state index in [4.69, 9.17) is 14.2 Å². The van der Waals surface area contributed by atoms with Crippen molar-refractivity contribution in [3.8, 4) is 23.3 Å². The third-order valence-corrected chi connectivity index (χ3v) is 10.5. The monoisotopic (exact) mass is 624 g/mol. The van der Waals surface area contributed by atoms with Crippen molar-refractivity contribution >= 4 is 17.8 Å². The van der Waals surface area contributed by atoms with Gasteiger partial charge in [-0.25, -0.2) is 0 Å². The Bertz CT molecular complexity index is 1670. The van der Waals surface area contributed by atoms with E-state index in [2.05, 4.69) is 44.1 Å². The van der Waals surface area contributed by atoms with Gasteiger partial charge in [0.25, 0.3) is 5.91 Å². The van der Waals surface area contributed by atoms with Gasteiger partial charge in [0, 0.05) is 50.5 Å². The van der Waals surface area contributed by atoms with Crippen LogP contribution in [0.3, 0.4) is 0 Å². The molecule has 2 aromatic rings. The first-order chi connectivity index (χ1) is 21.9. The van der Waals surface area contributed by atoms with E-state index in [9.17, 15) is 14.4 Å². The molecule has 0 unspecified atom stereocenters. The Kier molecular flexibility index (Phi) is 8.27. The fourth-order valence-electron chi connectivity index (χ4n) is 8.75. The van der Waals surface area contributed by atoms with Crippen molar-refractivity contribution in [2.45, 2.75) is 96.4 Å². The molecular formula is C38H44N2O6. The summed E-state index contributed by atoms with van der Waals surface area (Å²) >= 11 is 0. The molecule has 1 saturated carbocycles. The van der Waals surface area contributed by atoms with Crippen LogP contribution in [-0.2, 0) is 31.0 Å². The Morgan fingerprint density at radius 1 is 1.13 bits per heavy atom. The number of amides is 1. The standard InChI is InChI=1S/C38H44N2O6/c1-8-18-39-19-17-37-34-29-12-13-31(44-26(6)41)35(34)45-36(37)30(15-16-38(37,32(39)21-29)46-27(7)42)40(22-23(2)3)33(43)14-11-28-10-9-24(4)25(5)20-28/h8-10,12-13,20,23,30,32,36H,1,15-19,21-22H2,2-7H3/t30-,32+,36-,37-,38+/m0/s1. The Morgan fingerprint density at radius 2 is 1.91 bits per heavy atom. The smallest absolute Gasteiger partial charge is 0.308 e. The number of benzene rings is 2. The maximum absolute atomic E-state index is 14.1. The second-order valence-corrected chi connectivity index (χ2v) is 13.8. The number of piperidine rings is 1. The summed E-state index contributed by atoms with van der Waals surface area (Å²) in [7, 11) is 0. The van der Waals surface area contributed by atoms with Crippen LogP contribution in [0.1, 0.15) is 74.8 Å². The van der Waals surface area contributed by atoms with Crippen molar-refractivity contribution in [2.75, 3.05) is 19.6 Å². The molecule has 8 heteroatoms. The largest absolute Gasteiger partial charge is 0.483 e. The molecule has 242 valence electrons. The number of aryl methyl sites for hydroxylation is 2. The van der Waals surface area contributed by atoms with E-state index in [0.29, 0.717) is 50.3 Å². The molecule has 46 heavy (non-hydrogen) atoms. The molecule has 2 aromatic carbocycles. The van der Waals surface area contributed by atoms with Crippen molar-refractivity contribution in [3.63, 3.8) is 0 Å². The lowest BCUT2D eigenvalue weighted by atomic mass is 9.48. The zero-order valence-corrected chi connectivity index (χ0v) is 27.8. The van der Waals surface area contributed by atoms with Gasteiger partial charge in [0.05, 0.1) is 17.5 Å². The first-order valence-electron chi connectivity index (χ1n) is 16.4. The lowest BCUT2D eigenvalue weighted by Gasteiger charge is -2.65. The van der Waals surface area contributed by atoms with Gasteiger partial charge < -0.3 is 19.1 Å². The van der Waals surface area contributed by atoms with E-state index in [1.807, 2.05) is 42.2 Å². The highest BCUT2D eigenvalue weighted by atomic mass is 16.6. The third-order valence-electron chi connectivity index (χ3n) is 10.5. The lowest BCUT2D eigenvalue weighted by Crippen LogP contribution is -2.79. The van der Waals surface area contributed by atoms with Crippen LogP contribution >= 0.6 is 0 Å². The first kappa shape index (κ1) is 31.9. The molecule has 2 aliphatic heterocycles. The molecule has 2 fully saturated rings. The van der Waals surface area contributed by atoms with Crippen LogP contribution < -0.4 is 9.47 Å². The van der Waals surface area contributed by atoms with Crippen LogP contribution in [0.15, 0.2) is 43.0 Å². The first-order valence-corrected chi connectivity index (χ1v) is 16.4. The van der Waals surface area contributed by atoms with E-state index in [1.165, 1.54) is 19.4 Å². The second kappa shape index (κ2) is 11.9. The SMILES string of the molecule is C=CCN1CC[C@]23c4c5ccc(OC(C)=O)c4O[C@H]2[C@@H](N(CC(C)C)C(=O)C#Cc2ccc(C)c(C)c2)CC[C@@]3(OC(C)=O)[C@H]1C5. The molecule has 8 nitrogen and oxygen atoms in total. The van der Waals surface area contributed by atoms with E-state index in [0.717, 1.165) is 28.8 Å².